The molecule has 1 saturated heterocycles. The first-order valence-electron chi connectivity index (χ1n) is 9.91. The maximum Gasteiger partial charge on any atom is 0.412 e. The molecule has 1 fully saturated rings. The van der Waals surface area contributed by atoms with E-state index in [9.17, 15) is 4.79 Å². The first kappa shape index (κ1) is 26.5. The SMILES string of the molecule is CN=C(NCc1nc(C)c(C)o1)NCC1C(C)OC(C)(C)N1C(=O)OC(C)(C)C.I. The van der Waals surface area contributed by atoms with Crippen molar-refractivity contribution in [2.75, 3.05) is 13.6 Å². The lowest BCUT2D eigenvalue weighted by molar-refractivity contribution is -0.0755. The molecule has 0 radical (unpaired) electrons. The second-order valence-electron chi connectivity index (χ2n) is 8.74. The van der Waals surface area contributed by atoms with E-state index in [4.69, 9.17) is 13.9 Å². The smallest absolute Gasteiger partial charge is 0.412 e. The number of nitrogens with zero attached hydrogens (tertiary/aromatic N) is 3. The van der Waals surface area contributed by atoms with Crippen molar-refractivity contribution in [3.05, 3.63) is 17.3 Å². The number of aryl methyl sites for hydroxylation is 2. The van der Waals surface area contributed by atoms with Crippen molar-refractivity contribution in [3.63, 3.8) is 0 Å². The lowest BCUT2D eigenvalue weighted by Crippen LogP contribution is -2.54. The van der Waals surface area contributed by atoms with Crippen molar-refractivity contribution >= 4 is 36.0 Å². The molecule has 0 aliphatic carbocycles. The summed E-state index contributed by atoms with van der Waals surface area (Å²) in [6, 6.07) is -0.218. The van der Waals surface area contributed by atoms with Crippen molar-refractivity contribution in [2.45, 2.75) is 85.4 Å². The van der Waals surface area contributed by atoms with E-state index in [1.807, 2.05) is 55.4 Å². The minimum absolute atomic E-state index is 0. The fourth-order valence-electron chi connectivity index (χ4n) is 3.32. The summed E-state index contributed by atoms with van der Waals surface area (Å²) in [7, 11) is 1.69. The fraction of sp³-hybridized carbons (Fsp3) is 0.750. The molecule has 10 heteroatoms. The number of carbonyl (C=O) groups is 1. The lowest BCUT2D eigenvalue weighted by atomic mass is 10.1. The van der Waals surface area contributed by atoms with Gasteiger partial charge in [0.25, 0.3) is 0 Å². The van der Waals surface area contributed by atoms with Crippen molar-refractivity contribution < 1.29 is 18.7 Å². The van der Waals surface area contributed by atoms with Gasteiger partial charge in [-0.05, 0) is 55.4 Å². The molecule has 2 N–H and O–H groups in total. The number of hydrogen-bond donors (Lipinski definition) is 2. The van der Waals surface area contributed by atoms with Crippen LogP contribution in [0.15, 0.2) is 9.41 Å². The minimum atomic E-state index is -0.766. The number of rotatable bonds is 4. The summed E-state index contributed by atoms with van der Waals surface area (Å²) in [6.07, 6.45) is -0.563. The minimum Gasteiger partial charge on any atom is -0.444 e. The van der Waals surface area contributed by atoms with Crippen molar-refractivity contribution in [3.8, 4) is 0 Å². The Balaban J connectivity index is 0.00000450. The van der Waals surface area contributed by atoms with Gasteiger partial charge in [0.1, 0.15) is 17.1 Å². The van der Waals surface area contributed by atoms with Crippen LogP contribution >= 0.6 is 24.0 Å². The molecule has 2 unspecified atom stereocenters. The van der Waals surface area contributed by atoms with Crippen LogP contribution in [0.25, 0.3) is 0 Å². The quantitative estimate of drug-likeness (QED) is 0.345. The van der Waals surface area contributed by atoms with Crippen molar-refractivity contribution in [1.29, 1.82) is 0 Å². The fourth-order valence-corrected chi connectivity index (χ4v) is 3.32. The Morgan fingerprint density at radius 1 is 1.30 bits per heavy atom. The van der Waals surface area contributed by atoms with Gasteiger partial charge in [-0.25, -0.2) is 9.78 Å². The number of oxazole rings is 1. The zero-order chi connectivity index (χ0) is 22.0. The van der Waals surface area contributed by atoms with Crippen LogP contribution in [0.2, 0.25) is 0 Å². The third kappa shape index (κ3) is 6.73. The van der Waals surface area contributed by atoms with E-state index in [0.717, 1.165) is 11.5 Å². The van der Waals surface area contributed by atoms with Crippen LogP contribution in [0.4, 0.5) is 4.79 Å². The van der Waals surface area contributed by atoms with Gasteiger partial charge in [0.2, 0.25) is 5.89 Å². The Kier molecular flexibility index (Phi) is 8.97. The molecule has 2 atom stereocenters. The predicted molar refractivity (Wildman–Crippen MR) is 126 cm³/mol. The average Bonchev–Trinajstić information content (AvgIpc) is 3.00. The summed E-state index contributed by atoms with van der Waals surface area (Å²) >= 11 is 0. The maximum atomic E-state index is 12.8. The number of hydrogen-bond acceptors (Lipinski definition) is 6. The standard InChI is InChI=1S/C20H35N5O4.HI/c1-12-13(2)27-16(24-12)11-23-17(21-9)22-10-15-14(3)28-20(7,8)25(15)18(26)29-19(4,5)6;/h14-15H,10-11H2,1-9H3,(H2,21,22,23);1H. The topological polar surface area (TPSA) is 101 Å². The molecule has 1 aliphatic heterocycles. The van der Waals surface area contributed by atoms with Gasteiger partial charge in [-0.1, -0.05) is 0 Å². The predicted octanol–water partition coefficient (Wildman–Crippen LogP) is 3.33. The average molecular weight is 537 g/mol. The van der Waals surface area contributed by atoms with E-state index >= 15 is 0 Å². The second kappa shape index (κ2) is 10.2. The molecule has 1 aromatic heterocycles. The second-order valence-corrected chi connectivity index (χ2v) is 8.74. The van der Waals surface area contributed by atoms with Crippen LogP contribution in [-0.4, -0.2) is 59.0 Å². The van der Waals surface area contributed by atoms with Crippen LogP contribution in [0.1, 0.15) is 58.9 Å². The first-order chi connectivity index (χ1) is 13.3. The van der Waals surface area contributed by atoms with Crippen LogP contribution < -0.4 is 10.6 Å². The molecular formula is C20H36IN5O4. The molecule has 1 amide bonds. The number of halogens is 1. The summed E-state index contributed by atoms with van der Waals surface area (Å²) in [4.78, 5) is 23.1. The monoisotopic (exact) mass is 537 g/mol. The molecule has 0 aromatic carbocycles. The summed E-state index contributed by atoms with van der Waals surface area (Å²) in [5, 5.41) is 6.43. The highest BCUT2D eigenvalue weighted by Gasteiger charge is 2.49. The van der Waals surface area contributed by atoms with E-state index < -0.39 is 17.4 Å². The van der Waals surface area contributed by atoms with Gasteiger partial charge in [-0.2, -0.15) is 0 Å². The Morgan fingerprint density at radius 3 is 2.43 bits per heavy atom. The zero-order valence-corrected chi connectivity index (χ0v) is 21.8. The van der Waals surface area contributed by atoms with E-state index in [1.54, 1.807) is 11.9 Å². The van der Waals surface area contributed by atoms with Gasteiger partial charge in [0, 0.05) is 13.6 Å². The Hall–Kier alpha value is -1.56. The number of ether oxygens (including phenoxy) is 2. The van der Waals surface area contributed by atoms with Gasteiger partial charge in [-0.3, -0.25) is 9.89 Å². The first-order valence-corrected chi connectivity index (χ1v) is 9.91. The molecule has 2 rings (SSSR count). The van der Waals surface area contributed by atoms with E-state index in [0.29, 0.717) is 24.9 Å². The molecule has 1 aromatic rings. The van der Waals surface area contributed by atoms with E-state index in [-0.39, 0.29) is 36.1 Å². The van der Waals surface area contributed by atoms with Crippen LogP contribution in [0, 0.1) is 13.8 Å². The third-order valence-corrected chi connectivity index (χ3v) is 4.70. The van der Waals surface area contributed by atoms with E-state index in [2.05, 4.69) is 20.6 Å². The molecule has 0 saturated carbocycles. The van der Waals surface area contributed by atoms with Crippen LogP contribution in [0.3, 0.4) is 0 Å². The van der Waals surface area contributed by atoms with Crippen LogP contribution in [0.5, 0.6) is 0 Å². The number of aromatic nitrogens is 1. The molecule has 2 heterocycles. The van der Waals surface area contributed by atoms with Gasteiger partial charge >= 0.3 is 6.09 Å². The molecule has 0 bridgehead atoms. The molecular weight excluding hydrogens is 501 g/mol. The highest BCUT2D eigenvalue weighted by molar-refractivity contribution is 14.0. The largest absolute Gasteiger partial charge is 0.444 e. The Labute approximate surface area is 196 Å². The van der Waals surface area contributed by atoms with Crippen molar-refractivity contribution in [1.82, 2.24) is 20.5 Å². The Bertz CT molecular complexity index is 737. The Morgan fingerprint density at radius 2 is 1.93 bits per heavy atom. The normalized spacial score (nSPS) is 21.2. The van der Waals surface area contributed by atoms with Crippen LogP contribution in [-0.2, 0) is 16.0 Å². The number of amides is 1. The van der Waals surface area contributed by atoms with Gasteiger partial charge in [0.05, 0.1) is 24.4 Å². The summed E-state index contributed by atoms with van der Waals surface area (Å²) < 4.78 is 17.2. The summed E-state index contributed by atoms with van der Waals surface area (Å²) in [5.74, 6) is 1.98. The third-order valence-electron chi connectivity index (χ3n) is 4.70. The number of carbonyl (C=O) groups excluding carboxylic acids is 1. The maximum absolute atomic E-state index is 12.8. The van der Waals surface area contributed by atoms with Gasteiger partial charge < -0.3 is 24.5 Å². The lowest BCUT2D eigenvalue weighted by Gasteiger charge is -2.35. The van der Waals surface area contributed by atoms with Crippen molar-refractivity contribution in [2.24, 2.45) is 4.99 Å². The highest BCUT2D eigenvalue weighted by Crippen LogP contribution is 2.33. The zero-order valence-electron chi connectivity index (χ0n) is 19.5. The molecule has 30 heavy (non-hydrogen) atoms. The molecule has 172 valence electrons. The molecule has 1 aliphatic rings. The van der Waals surface area contributed by atoms with Gasteiger partial charge in [-0.15, -0.1) is 24.0 Å². The molecule has 0 spiro atoms. The number of guanidine groups is 1. The van der Waals surface area contributed by atoms with E-state index in [1.165, 1.54) is 0 Å². The van der Waals surface area contributed by atoms with Gasteiger partial charge in [0.15, 0.2) is 5.96 Å². The number of nitrogens with one attached hydrogen (secondary N) is 2. The highest BCUT2D eigenvalue weighted by atomic mass is 127. The summed E-state index contributed by atoms with van der Waals surface area (Å²) in [5.41, 5.74) is -0.476. The molecule has 9 nitrogen and oxygen atoms in total. The summed E-state index contributed by atoms with van der Waals surface area (Å²) in [6.45, 7) is 15.9. The number of aliphatic imine (C=N–C) groups is 1.